The van der Waals surface area contributed by atoms with Gasteiger partial charge in [-0.05, 0) is 68.1 Å². The summed E-state index contributed by atoms with van der Waals surface area (Å²) >= 11 is 0. The van der Waals surface area contributed by atoms with Gasteiger partial charge < -0.3 is 4.57 Å². The molecule has 0 spiro atoms. The fraction of sp³-hybridized carbons (Fsp3) is 0.381. The lowest BCUT2D eigenvalue weighted by Crippen LogP contribution is -2.33. The first-order chi connectivity index (χ1) is 12.1. The SMILES string of the molecule is Cc1cccc2nc(CN3CCC(c4ccc(F)cc4)CC3)n(C)c12. The van der Waals surface area contributed by atoms with Crippen molar-refractivity contribution in [3.8, 4) is 0 Å². The maximum Gasteiger partial charge on any atom is 0.123 e. The van der Waals surface area contributed by atoms with Crippen LogP contribution in [0, 0.1) is 12.7 Å². The molecule has 1 aliphatic heterocycles. The van der Waals surface area contributed by atoms with Crippen LogP contribution in [0.4, 0.5) is 4.39 Å². The van der Waals surface area contributed by atoms with Gasteiger partial charge in [0.1, 0.15) is 11.6 Å². The van der Waals surface area contributed by atoms with Crippen molar-refractivity contribution in [2.24, 2.45) is 7.05 Å². The molecule has 130 valence electrons. The second-order valence-corrected chi connectivity index (χ2v) is 7.13. The van der Waals surface area contributed by atoms with Gasteiger partial charge in [0.15, 0.2) is 0 Å². The molecule has 4 rings (SSSR count). The Hall–Kier alpha value is -2.20. The van der Waals surface area contributed by atoms with Crippen LogP contribution in [0.5, 0.6) is 0 Å². The third kappa shape index (κ3) is 3.19. The lowest BCUT2D eigenvalue weighted by molar-refractivity contribution is 0.199. The van der Waals surface area contributed by atoms with Gasteiger partial charge in [0.05, 0.1) is 17.6 Å². The van der Waals surface area contributed by atoms with Gasteiger partial charge in [0, 0.05) is 7.05 Å². The van der Waals surface area contributed by atoms with Crippen molar-refractivity contribution >= 4 is 11.0 Å². The van der Waals surface area contributed by atoms with E-state index in [1.807, 2.05) is 12.1 Å². The molecule has 2 heterocycles. The Morgan fingerprint density at radius 3 is 2.48 bits per heavy atom. The van der Waals surface area contributed by atoms with Gasteiger partial charge in [-0.15, -0.1) is 0 Å². The van der Waals surface area contributed by atoms with E-state index in [4.69, 9.17) is 4.98 Å². The van der Waals surface area contributed by atoms with Gasteiger partial charge in [-0.2, -0.15) is 0 Å². The summed E-state index contributed by atoms with van der Waals surface area (Å²) in [6.07, 6.45) is 2.24. The number of hydrogen-bond acceptors (Lipinski definition) is 2. The Morgan fingerprint density at radius 2 is 1.80 bits per heavy atom. The molecule has 0 amide bonds. The van der Waals surface area contributed by atoms with Crippen molar-refractivity contribution in [1.82, 2.24) is 14.5 Å². The third-order valence-corrected chi connectivity index (χ3v) is 5.48. The predicted octanol–water partition coefficient (Wildman–Crippen LogP) is 4.40. The van der Waals surface area contributed by atoms with Crippen molar-refractivity contribution in [1.29, 1.82) is 0 Å². The van der Waals surface area contributed by atoms with Crippen molar-refractivity contribution in [3.05, 3.63) is 65.2 Å². The summed E-state index contributed by atoms with van der Waals surface area (Å²) in [5.41, 5.74) is 4.85. The molecule has 0 atom stereocenters. The smallest absolute Gasteiger partial charge is 0.123 e. The molecule has 0 N–H and O–H groups in total. The zero-order valence-corrected chi connectivity index (χ0v) is 14.9. The second kappa shape index (κ2) is 6.60. The molecular formula is C21H24FN3. The molecule has 3 nitrogen and oxygen atoms in total. The van der Waals surface area contributed by atoms with Crippen molar-refractivity contribution in [2.45, 2.75) is 32.2 Å². The number of fused-ring (bicyclic) bond motifs is 1. The monoisotopic (exact) mass is 337 g/mol. The number of imidazole rings is 1. The fourth-order valence-corrected chi connectivity index (χ4v) is 4.01. The van der Waals surface area contributed by atoms with E-state index in [-0.39, 0.29) is 5.82 Å². The molecular weight excluding hydrogens is 313 g/mol. The third-order valence-electron chi connectivity index (χ3n) is 5.48. The topological polar surface area (TPSA) is 21.1 Å². The van der Waals surface area contributed by atoms with E-state index in [1.54, 1.807) is 12.1 Å². The highest BCUT2D eigenvalue weighted by Gasteiger charge is 2.22. The van der Waals surface area contributed by atoms with E-state index in [0.717, 1.165) is 43.8 Å². The molecule has 1 aliphatic rings. The van der Waals surface area contributed by atoms with Crippen LogP contribution in [0.15, 0.2) is 42.5 Å². The highest BCUT2D eigenvalue weighted by atomic mass is 19.1. The van der Waals surface area contributed by atoms with Gasteiger partial charge in [-0.25, -0.2) is 9.37 Å². The standard InChI is InChI=1S/C21H24FN3/c1-15-4-3-5-19-21(15)24(2)20(23-19)14-25-12-10-17(11-13-25)16-6-8-18(22)9-7-16/h3-9,17H,10-14H2,1-2H3. The summed E-state index contributed by atoms with van der Waals surface area (Å²) in [5.74, 6) is 1.52. The number of halogens is 1. The Labute approximate surface area is 148 Å². The Kier molecular flexibility index (Phi) is 4.30. The number of rotatable bonds is 3. The van der Waals surface area contributed by atoms with Crippen LogP contribution in [0.1, 0.15) is 35.7 Å². The van der Waals surface area contributed by atoms with Crippen molar-refractivity contribution < 1.29 is 4.39 Å². The average molecular weight is 337 g/mol. The summed E-state index contributed by atoms with van der Waals surface area (Å²) < 4.78 is 15.3. The largest absolute Gasteiger partial charge is 0.330 e. The normalized spacial score (nSPS) is 16.6. The molecule has 0 saturated carbocycles. The molecule has 1 aromatic heterocycles. The minimum Gasteiger partial charge on any atom is -0.330 e. The van der Waals surface area contributed by atoms with Crippen molar-refractivity contribution in [3.63, 3.8) is 0 Å². The number of aromatic nitrogens is 2. The van der Waals surface area contributed by atoms with Crippen LogP contribution in [-0.4, -0.2) is 27.5 Å². The van der Waals surface area contributed by atoms with Gasteiger partial charge >= 0.3 is 0 Å². The molecule has 3 aromatic rings. The molecule has 0 bridgehead atoms. The molecule has 4 heteroatoms. The molecule has 0 aliphatic carbocycles. The van der Waals surface area contributed by atoms with E-state index in [1.165, 1.54) is 16.6 Å². The zero-order valence-electron chi connectivity index (χ0n) is 14.9. The van der Waals surface area contributed by atoms with Crippen LogP contribution in [0.3, 0.4) is 0 Å². The molecule has 0 radical (unpaired) electrons. The molecule has 1 fully saturated rings. The first-order valence-electron chi connectivity index (χ1n) is 9.00. The van der Waals surface area contributed by atoms with E-state index in [0.29, 0.717) is 5.92 Å². The minimum absolute atomic E-state index is 0.154. The molecule has 0 unspecified atom stereocenters. The van der Waals surface area contributed by atoms with Crippen molar-refractivity contribution in [2.75, 3.05) is 13.1 Å². The summed E-state index contributed by atoms with van der Waals surface area (Å²) in [5, 5.41) is 0. The van der Waals surface area contributed by atoms with Gasteiger partial charge in [-0.3, -0.25) is 4.90 Å². The lowest BCUT2D eigenvalue weighted by Gasteiger charge is -2.31. The van der Waals surface area contributed by atoms with E-state index in [2.05, 4.69) is 41.6 Å². The van der Waals surface area contributed by atoms with E-state index in [9.17, 15) is 4.39 Å². The quantitative estimate of drug-likeness (QED) is 0.706. The molecule has 2 aromatic carbocycles. The predicted molar refractivity (Wildman–Crippen MR) is 99.1 cm³/mol. The van der Waals surface area contributed by atoms with Crippen LogP contribution >= 0.6 is 0 Å². The molecule has 25 heavy (non-hydrogen) atoms. The minimum atomic E-state index is -0.154. The maximum atomic E-state index is 13.1. The van der Waals surface area contributed by atoms with Gasteiger partial charge in [-0.1, -0.05) is 24.3 Å². The molecule has 1 saturated heterocycles. The van der Waals surface area contributed by atoms with Crippen LogP contribution in [0.25, 0.3) is 11.0 Å². The maximum absolute atomic E-state index is 13.1. The number of likely N-dealkylation sites (tertiary alicyclic amines) is 1. The average Bonchev–Trinajstić information content (AvgIpc) is 2.93. The van der Waals surface area contributed by atoms with E-state index >= 15 is 0 Å². The zero-order chi connectivity index (χ0) is 17.4. The van der Waals surface area contributed by atoms with E-state index < -0.39 is 0 Å². The summed E-state index contributed by atoms with van der Waals surface area (Å²) in [6, 6.07) is 13.3. The van der Waals surface area contributed by atoms with Gasteiger partial charge in [0.25, 0.3) is 0 Å². The first-order valence-corrected chi connectivity index (χ1v) is 9.00. The second-order valence-electron chi connectivity index (χ2n) is 7.13. The Bertz CT molecular complexity index is 874. The Morgan fingerprint density at radius 1 is 1.08 bits per heavy atom. The summed E-state index contributed by atoms with van der Waals surface area (Å²) in [7, 11) is 2.11. The summed E-state index contributed by atoms with van der Waals surface area (Å²) in [4.78, 5) is 7.32. The number of hydrogen-bond donors (Lipinski definition) is 0. The fourth-order valence-electron chi connectivity index (χ4n) is 4.01. The highest BCUT2D eigenvalue weighted by molar-refractivity contribution is 5.79. The van der Waals surface area contributed by atoms with Crippen LogP contribution in [-0.2, 0) is 13.6 Å². The van der Waals surface area contributed by atoms with Gasteiger partial charge in [0.2, 0.25) is 0 Å². The number of para-hydroxylation sites is 1. The van der Waals surface area contributed by atoms with Crippen LogP contribution in [0.2, 0.25) is 0 Å². The number of nitrogens with zero attached hydrogens (tertiary/aromatic N) is 3. The first kappa shape index (κ1) is 16.3. The number of aryl methyl sites for hydroxylation is 2. The number of benzene rings is 2. The van der Waals surface area contributed by atoms with Crippen LogP contribution < -0.4 is 0 Å². The number of piperidine rings is 1. The highest BCUT2D eigenvalue weighted by Crippen LogP contribution is 2.29. The lowest BCUT2D eigenvalue weighted by atomic mass is 9.89. The Balaban J connectivity index is 1.44. The summed E-state index contributed by atoms with van der Waals surface area (Å²) in [6.45, 7) is 5.15.